The maximum Gasteiger partial charge on any atom is 0.0479 e. The Labute approximate surface area is 74.7 Å². The molecule has 0 aliphatic heterocycles. The first-order chi connectivity index (χ1) is 5.95. The van der Waals surface area contributed by atoms with Crippen LogP contribution in [0.25, 0.3) is 12.2 Å². The standard InChI is InChI=1S/C9H8N2S/c1-2-9(10-5-1)4-3-8-6-11-12-7-8/h1-7,10H/b4-3+. The maximum absolute atomic E-state index is 4.00. The Bertz CT molecular complexity index is 310. The number of aromatic nitrogens is 2. The molecule has 0 fully saturated rings. The summed E-state index contributed by atoms with van der Waals surface area (Å²) in [6, 6.07) is 4.00. The molecule has 2 aromatic rings. The predicted molar refractivity (Wildman–Crippen MR) is 51.8 cm³/mol. The van der Waals surface area contributed by atoms with Gasteiger partial charge in [-0.05, 0) is 29.7 Å². The van der Waals surface area contributed by atoms with E-state index in [1.165, 1.54) is 11.5 Å². The minimum absolute atomic E-state index is 1.11. The number of hydrogen-bond acceptors (Lipinski definition) is 2. The van der Waals surface area contributed by atoms with E-state index >= 15 is 0 Å². The summed E-state index contributed by atoms with van der Waals surface area (Å²) in [5.41, 5.74) is 2.26. The van der Waals surface area contributed by atoms with Crippen molar-refractivity contribution in [2.24, 2.45) is 0 Å². The van der Waals surface area contributed by atoms with E-state index in [1.54, 1.807) is 0 Å². The Balaban J connectivity index is 2.14. The Morgan fingerprint density at radius 1 is 1.42 bits per heavy atom. The van der Waals surface area contributed by atoms with Crippen LogP contribution in [0, 0.1) is 0 Å². The summed E-state index contributed by atoms with van der Waals surface area (Å²) in [5, 5.41) is 2.01. The Kier molecular flexibility index (Phi) is 2.05. The van der Waals surface area contributed by atoms with Gasteiger partial charge in [-0.25, -0.2) is 4.37 Å². The number of H-pyrrole nitrogens is 1. The largest absolute Gasteiger partial charge is 0.362 e. The number of aromatic amines is 1. The predicted octanol–water partition coefficient (Wildman–Crippen LogP) is 2.64. The van der Waals surface area contributed by atoms with E-state index in [0.29, 0.717) is 0 Å². The minimum Gasteiger partial charge on any atom is -0.362 e. The zero-order chi connectivity index (χ0) is 8.23. The molecule has 2 nitrogen and oxygen atoms in total. The van der Waals surface area contributed by atoms with Crippen molar-refractivity contribution >= 4 is 23.7 Å². The van der Waals surface area contributed by atoms with Crippen molar-refractivity contribution in [3.63, 3.8) is 0 Å². The molecule has 0 saturated carbocycles. The normalized spacial score (nSPS) is 11.0. The van der Waals surface area contributed by atoms with Crippen molar-refractivity contribution in [3.05, 3.63) is 41.2 Å². The molecule has 0 unspecified atom stereocenters. The SMILES string of the molecule is C(=C\c1ccc[nH]1)/c1cnsc1. The lowest BCUT2D eigenvalue weighted by Gasteiger charge is -1.83. The second-order valence-corrected chi connectivity index (χ2v) is 3.07. The monoisotopic (exact) mass is 176 g/mol. The first-order valence-electron chi connectivity index (χ1n) is 3.66. The molecule has 2 heterocycles. The quantitative estimate of drug-likeness (QED) is 0.748. The van der Waals surface area contributed by atoms with Gasteiger partial charge in [-0.3, -0.25) is 0 Å². The minimum atomic E-state index is 1.11. The smallest absolute Gasteiger partial charge is 0.0479 e. The number of nitrogens with one attached hydrogen (secondary N) is 1. The van der Waals surface area contributed by atoms with E-state index in [2.05, 4.69) is 9.36 Å². The molecule has 0 atom stereocenters. The van der Waals surface area contributed by atoms with E-state index in [1.807, 2.05) is 42.1 Å². The summed E-state index contributed by atoms with van der Waals surface area (Å²) >= 11 is 1.47. The van der Waals surface area contributed by atoms with Crippen molar-refractivity contribution in [2.45, 2.75) is 0 Å². The van der Waals surface area contributed by atoms with E-state index in [-0.39, 0.29) is 0 Å². The van der Waals surface area contributed by atoms with Gasteiger partial charge in [-0.1, -0.05) is 6.08 Å². The van der Waals surface area contributed by atoms with Gasteiger partial charge in [-0.2, -0.15) is 0 Å². The molecule has 0 aliphatic rings. The lowest BCUT2D eigenvalue weighted by molar-refractivity contribution is 1.38. The molecule has 1 N–H and O–H groups in total. The fourth-order valence-electron chi connectivity index (χ4n) is 0.929. The zero-order valence-corrected chi connectivity index (χ0v) is 7.21. The molecule has 0 bridgehead atoms. The van der Waals surface area contributed by atoms with Crippen LogP contribution in [0.2, 0.25) is 0 Å². The van der Waals surface area contributed by atoms with Gasteiger partial charge < -0.3 is 4.98 Å². The van der Waals surface area contributed by atoms with Crippen LogP contribution in [0.4, 0.5) is 0 Å². The van der Waals surface area contributed by atoms with Crippen molar-refractivity contribution < 1.29 is 0 Å². The van der Waals surface area contributed by atoms with Crippen LogP contribution < -0.4 is 0 Å². The van der Waals surface area contributed by atoms with Gasteiger partial charge in [-0.15, -0.1) is 0 Å². The van der Waals surface area contributed by atoms with Crippen LogP contribution in [0.15, 0.2) is 29.9 Å². The van der Waals surface area contributed by atoms with Gasteiger partial charge in [0.15, 0.2) is 0 Å². The molecule has 0 aliphatic carbocycles. The first kappa shape index (κ1) is 7.31. The maximum atomic E-state index is 4.00. The molecule has 0 spiro atoms. The Hall–Kier alpha value is -1.35. The summed E-state index contributed by atoms with van der Waals surface area (Å²) in [6.45, 7) is 0. The second kappa shape index (κ2) is 3.36. The van der Waals surface area contributed by atoms with Gasteiger partial charge in [0.25, 0.3) is 0 Å². The van der Waals surface area contributed by atoms with E-state index in [9.17, 15) is 0 Å². The molecule has 0 saturated heterocycles. The first-order valence-corrected chi connectivity index (χ1v) is 4.50. The Morgan fingerprint density at radius 3 is 3.08 bits per heavy atom. The molecule has 12 heavy (non-hydrogen) atoms. The van der Waals surface area contributed by atoms with E-state index in [0.717, 1.165) is 11.3 Å². The highest BCUT2D eigenvalue weighted by Crippen LogP contribution is 2.07. The highest BCUT2D eigenvalue weighted by atomic mass is 32.1. The van der Waals surface area contributed by atoms with Gasteiger partial charge in [0, 0.05) is 29.0 Å². The molecular weight excluding hydrogens is 168 g/mol. The topological polar surface area (TPSA) is 28.7 Å². The second-order valence-electron chi connectivity index (χ2n) is 2.42. The molecule has 0 radical (unpaired) electrons. The highest BCUT2D eigenvalue weighted by molar-refractivity contribution is 7.03. The highest BCUT2D eigenvalue weighted by Gasteiger charge is 1.87. The zero-order valence-electron chi connectivity index (χ0n) is 6.40. The van der Waals surface area contributed by atoms with E-state index < -0.39 is 0 Å². The third-order valence-corrected chi connectivity index (χ3v) is 2.13. The van der Waals surface area contributed by atoms with E-state index in [4.69, 9.17) is 0 Å². The summed E-state index contributed by atoms with van der Waals surface area (Å²) < 4.78 is 4.00. The van der Waals surface area contributed by atoms with Gasteiger partial charge in [0.05, 0.1) is 0 Å². The van der Waals surface area contributed by atoms with Crippen molar-refractivity contribution in [1.82, 2.24) is 9.36 Å². The molecule has 0 aromatic carbocycles. The average Bonchev–Trinajstić information content (AvgIpc) is 2.74. The molecule has 60 valence electrons. The lowest BCUT2D eigenvalue weighted by Crippen LogP contribution is -1.66. The van der Waals surface area contributed by atoms with Crippen LogP contribution in [0.1, 0.15) is 11.3 Å². The van der Waals surface area contributed by atoms with Crippen molar-refractivity contribution in [2.75, 3.05) is 0 Å². The molecule has 0 amide bonds. The van der Waals surface area contributed by atoms with Crippen molar-refractivity contribution in [3.8, 4) is 0 Å². The molecule has 3 heteroatoms. The third-order valence-electron chi connectivity index (χ3n) is 1.53. The number of hydrogen-bond donors (Lipinski definition) is 1. The lowest BCUT2D eigenvalue weighted by atomic mass is 10.3. The summed E-state index contributed by atoms with van der Waals surface area (Å²) in [7, 11) is 0. The van der Waals surface area contributed by atoms with Crippen LogP contribution in [-0.2, 0) is 0 Å². The van der Waals surface area contributed by atoms with Gasteiger partial charge >= 0.3 is 0 Å². The molecule has 2 aromatic heterocycles. The average molecular weight is 176 g/mol. The Morgan fingerprint density at radius 2 is 2.42 bits per heavy atom. The van der Waals surface area contributed by atoms with Crippen LogP contribution in [-0.4, -0.2) is 9.36 Å². The fraction of sp³-hybridized carbons (Fsp3) is 0. The summed E-state index contributed by atoms with van der Waals surface area (Å²) in [4.78, 5) is 3.10. The summed E-state index contributed by atoms with van der Waals surface area (Å²) in [6.07, 6.45) is 7.83. The van der Waals surface area contributed by atoms with Crippen molar-refractivity contribution in [1.29, 1.82) is 0 Å². The number of nitrogens with zero attached hydrogens (tertiary/aromatic N) is 1. The molecule has 2 rings (SSSR count). The van der Waals surface area contributed by atoms with Gasteiger partial charge in [0.1, 0.15) is 0 Å². The number of rotatable bonds is 2. The molecular formula is C9H8N2S. The third kappa shape index (κ3) is 1.62. The fourth-order valence-corrected chi connectivity index (χ4v) is 1.43. The summed E-state index contributed by atoms with van der Waals surface area (Å²) in [5.74, 6) is 0. The van der Waals surface area contributed by atoms with Crippen LogP contribution >= 0.6 is 11.5 Å². The van der Waals surface area contributed by atoms with Gasteiger partial charge in [0.2, 0.25) is 0 Å². The van der Waals surface area contributed by atoms with Crippen LogP contribution in [0.5, 0.6) is 0 Å². The van der Waals surface area contributed by atoms with Crippen LogP contribution in [0.3, 0.4) is 0 Å².